The second-order valence-corrected chi connectivity index (χ2v) is 13.1. The number of hydrogen-bond acceptors (Lipinski definition) is 2. The van der Waals surface area contributed by atoms with E-state index in [9.17, 15) is 0 Å². The number of para-hydroxylation sites is 6. The lowest BCUT2D eigenvalue weighted by atomic mass is 10.0. The Morgan fingerprint density at radius 3 is 1.04 bits per heavy atom. The zero-order valence-electron chi connectivity index (χ0n) is 27.5. The Labute approximate surface area is 292 Å². The standard InChI is InChI=1S/C46H29N5/c1-7-19-38-32(13-1)33-14-2-8-20-39(33)49(38)44-26-25-31(30-27-47-29-48-28-30)45(50-40-21-9-3-15-34(40)35-16-4-10-22-41(35)50)46(44)51-42-23-11-5-17-36(42)37-18-6-12-24-43(37)51/h1-29H. The van der Waals surface area contributed by atoms with Gasteiger partial charge in [0.05, 0.1) is 50.2 Å². The number of hydrogen-bond donors (Lipinski definition) is 0. The van der Waals surface area contributed by atoms with E-state index in [1.807, 2.05) is 12.4 Å². The first-order valence-electron chi connectivity index (χ1n) is 17.2. The van der Waals surface area contributed by atoms with E-state index in [1.54, 1.807) is 6.33 Å². The van der Waals surface area contributed by atoms with E-state index in [2.05, 4.69) is 181 Å². The molecule has 0 unspecified atom stereocenters. The van der Waals surface area contributed by atoms with Crippen LogP contribution in [0.2, 0.25) is 0 Å². The average molecular weight is 652 g/mol. The summed E-state index contributed by atoms with van der Waals surface area (Å²) < 4.78 is 7.39. The number of benzene rings is 7. The van der Waals surface area contributed by atoms with Gasteiger partial charge >= 0.3 is 0 Å². The molecule has 238 valence electrons. The van der Waals surface area contributed by atoms with Crippen molar-refractivity contribution in [2.75, 3.05) is 0 Å². The molecule has 0 spiro atoms. The Morgan fingerprint density at radius 1 is 0.314 bits per heavy atom. The molecule has 51 heavy (non-hydrogen) atoms. The van der Waals surface area contributed by atoms with Crippen molar-refractivity contribution in [3.05, 3.63) is 176 Å². The van der Waals surface area contributed by atoms with Crippen LogP contribution in [0.25, 0.3) is 93.6 Å². The van der Waals surface area contributed by atoms with Crippen LogP contribution in [-0.4, -0.2) is 23.7 Å². The molecule has 4 aromatic heterocycles. The number of fused-ring (bicyclic) bond motifs is 9. The van der Waals surface area contributed by atoms with Gasteiger partial charge < -0.3 is 13.7 Å². The van der Waals surface area contributed by atoms with Gasteiger partial charge in [-0.1, -0.05) is 109 Å². The van der Waals surface area contributed by atoms with Gasteiger partial charge in [0, 0.05) is 55.8 Å². The van der Waals surface area contributed by atoms with E-state index in [-0.39, 0.29) is 0 Å². The van der Waals surface area contributed by atoms with Gasteiger partial charge in [-0.2, -0.15) is 0 Å². The molecule has 5 nitrogen and oxygen atoms in total. The molecule has 0 aliphatic carbocycles. The minimum absolute atomic E-state index is 0.949. The maximum Gasteiger partial charge on any atom is 0.115 e. The molecule has 0 fully saturated rings. The summed E-state index contributed by atoms with van der Waals surface area (Å²) in [6.45, 7) is 0. The predicted octanol–water partition coefficient (Wildman–Crippen LogP) is 11.4. The lowest BCUT2D eigenvalue weighted by Gasteiger charge is -2.24. The van der Waals surface area contributed by atoms with Gasteiger partial charge in [0.1, 0.15) is 6.33 Å². The molecule has 0 saturated heterocycles. The smallest absolute Gasteiger partial charge is 0.115 e. The van der Waals surface area contributed by atoms with Crippen LogP contribution < -0.4 is 0 Å². The number of nitrogens with zero attached hydrogens (tertiary/aromatic N) is 5. The lowest BCUT2D eigenvalue weighted by Crippen LogP contribution is -2.11. The van der Waals surface area contributed by atoms with Crippen molar-refractivity contribution < 1.29 is 0 Å². The molecule has 0 radical (unpaired) electrons. The first kappa shape index (κ1) is 27.9. The fraction of sp³-hybridized carbons (Fsp3) is 0. The number of aromatic nitrogens is 5. The molecule has 11 aromatic rings. The van der Waals surface area contributed by atoms with Crippen LogP contribution in [0.15, 0.2) is 176 Å². The van der Waals surface area contributed by atoms with E-state index in [0.717, 1.165) is 61.3 Å². The van der Waals surface area contributed by atoms with Gasteiger partial charge in [-0.15, -0.1) is 0 Å². The van der Waals surface area contributed by atoms with E-state index < -0.39 is 0 Å². The molecular weight excluding hydrogens is 623 g/mol. The third-order valence-electron chi connectivity index (χ3n) is 10.4. The molecule has 0 bridgehead atoms. The summed E-state index contributed by atoms with van der Waals surface area (Å²) in [6, 6.07) is 57.1. The molecule has 0 N–H and O–H groups in total. The predicted molar refractivity (Wildman–Crippen MR) is 210 cm³/mol. The normalized spacial score (nSPS) is 11.9. The third-order valence-corrected chi connectivity index (χ3v) is 10.4. The summed E-state index contributed by atoms with van der Waals surface area (Å²) in [5.74, 6) is 0. The summed E-state index contributed by atoms with van der Waals surface area (Å²) in [4.78, 5) is 9.04. The average Bonchev–Trinajstić information content (AvgIpc) is 3.84. The minimum Gasteiger partial charge on any atom is -0.307 e. The van der Waals surface area contributed by atoms with Crippen LogP contribution in [0.4, 0.5) is 0 Å². The Kier molecular flexibility index (Phi) is 5.89. The summed E-state index contributed by atoms with van der Waals surface area (Å²) >= 11 is 0. The van der Waals surface area contributed by atoms with E-state index >= 15 is 0 Å². The zero-order chi connectivity index (χ0) is 33.5. The van der Waals surface area contributed by atoms with E-state index in [4.69, 9.17) is 0 Å². The van der Waals surface area contributed by atoms with E-state index in [0.29, 0.717) is 0 Å². The van der Waals surface area contributed by atoms with Gasteiger partial charge in [-0.3, -0.25) is 0 Å². The summed E-state index contributed by atoms with van der Waals surface area (Å²) in [6.07, 6.45) is 5.45. The summed E-state index contributed by atoms with van der Waals surface area (Å²) in [5.41, 5.74) is 12.1. The van der Waals surface area contributed by atoms with Crippen molar-refractivity contribution in [1.29, 1.82) is 0 Å². The van der Waals surface area contributed by atoms with Crippen LogP contribution in [0.3, 0.4) is 0 Å². The first-order valence-corrected chi connectivity index (χ1v) is 17.2. The molecule has 0 aliphatic rings. The Balaban J connectivity index is 1.44. The Hall–Kier alpha value is -6.98. The molecule has 11 rings (SSSR count). The van der Waals surface area contributed by atoms with Crippen molar-refractivity contribution in [3.8, 4) is 28.2 Å². The maximum absolute atomic E-state index is 4.52. The lowest BCUT2D eigenvalue weighted by molar-refractivity contribution is 1.05. The molecule has 4 heterocycles. The molecular formula is C46H29N5. The number of rotatable bonds is 4. The molecule has 0 atom stereocenters. The van der Waals surface area contributed by atoms with Crippen molar-refractivity contribution in [1.82, 2.24) is 23.7 Å². The van der Waals surface area contributed by atoms with Crippen LogP contribution in [-0.2, 0) is 0 Å². The fourth-order valence-corrected chi connectivity index (χ4v) is 8.38. The second-order valence-electron chi connectivity index (χ2n) is 13.1. The zero-order valence-corrected chi connectivity index (χ0v) is 27.5. The molecule has 0 amide bonds. The highest BCUT2D eigenvalue weighted by Gasteiger charge is 2.27. The quantitative estimate of drug-likeness (QED) is 0.190. The molecule has 0 saturated carbocycles. The Morgan fingerprint density at radius 2 is 0.647 bits per heavy atom. The first-order chi connectivity index (χ1) is 25.4. The highest BCUT2D eigenvalue weighted by molar-refractivity contribution is 6.14. The summed E-state index contributed by atoms with van der Waals surface area (Å²) in [7, 11) is 0. The van der Waals surface area contributed by atoms with Crippen molar-refractivity contribution in [2.45, 2.75) is 0 Å². The van der Waals surface area contributed by atoms with Crippen molar-refractivity contribution >= 4 is 65.4 Å². The SMILES string of the molecule is c1ccc2c(c1)c1ccccc1n2-c1ccc(-c2cncnc2)c(-n2c3ccccc3c3ccccc32)c1-n1c2ccccc2c2ccccc21. The van der Waals surface area contributed by atoms with Gasteiger partial charge in [-0.25, -0.2) is 9.97 Å². The van der Waals surface area contributed by atoms with Gasteiger partial charge in [0.15, 0.2) is 0 Å². The third kappa shape index (κ3) is 3.91. The van der Waals surface area contributed by atoms with Crippen LogP contribution in [0, 0.1) is 0 Å². The minimum atomic E-state index is 0.949. The molecule has 7 aromatic carbocycles. The second kappa shape index (κ2) is 10.8. The van der Waals surface area contributed by atoms with Gasteiger partial charge in [-0.05, 0) is 48.5 Å². The maximum atomic E-state index is 4.52. The summed E-state index contributed by atoms with van der Waals surface area (Å²) in [5, 5.41) is 7.28. The Bertz CT molecular complexity index is 2980. The van der Waals surface area contributed by atoms with Crippen LogP contribution >= 0.6 is 0 Å². The van der Waals surface area contributed by atoms with Crippen LogP contribution in [0.1, 0.15) is 0 Å². The topological polar surface area (TPSA) is 40.6 Å². The van der Waals surface area contributed by atoms with Gasteiger partial charge in [0.25, 0.3) is 0 Å². The van der Waals surface area contributed by atoms with Crippen molar-refractivity contribution in [3.63, 3.8) is 0 Å². The van der Waals surface area contributed by atoms with Crippen molar-refractivity contribution in [2.24, 2.45) is 0 Å². The highest BCUT2D eigenvalue weighted by atomic mass is 15.1. The molecule has 5 heteroatoms. The largest absolute Gasteiger partial charge is 0.307 e. The monoisotopic (exact) mass is 651 g/mol. The highest BCUT2D eigenvalue weighted by Crippen LogP contribution is 2.45. The fourth-order valence-electron chi connectivity index (χ4n) is 8.38. The van der Waals surface area contributed by atoms with E-state index in [1.165, 1.54) is 32.3 Å². The van der Waals surface area contributed by atoms with Gasteiger partial charge in [0.2, 0.25) is 0 Å². The van der Waals surface area contributed by atoms with Crippen LogP contribution in [0.5, 0.6) is 0 Å². The molecule has 0 aliphatic heterocycles.